The second kappa shape index (κ2) is 5.85. The van der Waals surface area contributed by atoms with Gasteiger partial charge in [0.25, 0.3) is 0 Å². The lowest BCUT2D eigenvalue weighted by Gasteiger charge is -2.20. The minimum atomic E-state index is 0.913. The lowest BCUT2D eigenvalue weighted by molar-refractivity contribution is 0.924. The lowest BCUT2D eigenvalue weighted by atomic mass is 10.1. The third-order valence-electron chi connectivity index (χ3n) is 3.14. The Kier molecular flexibility index (Phi) is 4.40. The second-order valence-corrected chi connectivity index (χ2v) is 5.96. The highest BCUT2D eigenvalue weighted by Crippen LogP contribution is 2.23. The summed E-state index contributed by atoms with van der Waals surface area (Å²) in [5, 5.41) is 0.913. The van der Waals surface area contributed by atoms with E-state index in [0.29, 0.717) is 0 Å². The van der Waals surface area contributed by atoms with Crippen molar-refractivity contribution < 1.29 is 0 Å². The molecule has 1 aromatic carbocycles. The van der Waals surface area contributed by atoms with E-state index in [1.54, 1.807) is 11.3 Å². The number of anilines is 1. The van der Waals surface area contributed by atoms with Gasteiger partial charge in [0.2, 0.25) is 0 Å². The van der Waals surface area contributed by atoms with E-state index in [1.807, 2.05) is 5.51 Å². The number of aromatic nitrogens is 1. The minimum Gasteiger partial charge on any atom is -0.369 e. The molecule has 1 aromatic heterocycles. The van der Waals surface area contributed by atoms with Crippen molar-refractivity contribution in [3.63, 3.8) is 0 Å². The van der Waals surface area contributed by atoms with Crippen molar-refractivity contribution in [2.45, 2.75) is 25.7 Å². The predicted molar refractivity (Wildman–Crippen MR) is 82.8 cm³/mol. The molecule has 96 valence electrons. The van der Waals surface area contributed by atoms with E-state index in [0.717, 1.165) is 17.6 Å². The zero-order valence-corrected chi connectivity index (χ0v) is 13.3. The molecule has 18 heavy (non-hydrogen) atoms. The largest absolute Gasteiger partial charge is 0.369 e. The summed E-state index contributed by atoms with van der Waals surface area (Å²) < 4.78 is 0. The Bertz CT molecular complexity index is 536. The summed E-state index contributed by atoms with van der Waals surface area (Å²) in [6.45, 7) is 5.15. The summed E-state index contributed by atoms with van der Waals surface area (Å²) >= 11 is 5.23. The van der Waals surface area contributed by atoms with Crippen LogP contribution in [0.2, 0.25) is 0 Å². The molecule has 0 saturated heterocycles. The quantitative estimate of drug-likeness (QED) is 0.780. The van der Waals surface area contributed by atoms with Crippen LogP contribution in [0.25, 0.3) is 0 Å². The Morgan fingerprint density at radius 2 is 2.11 bits per heavy atom. The molecule has 2 rings (SSSR count). The molecule has 0 spiro atoms. The van der Waals surface area contributed by atoms with Crippen molar-refractivity contribution in [2.75, 3.05) is 11.9 Å². The highest BCUT2D eigenvalue weighted by molar-refractivity contribution is 9.08. The molecule has 2 aromatic rings. The van der Waals surface area contributed by atoms with Gasteiger partial charge in [0.1, 0.15) is 0 Å². The molecule has 1 heterocycles. The van der Waals surface area contributed by atoms with Gasteiger partial charge in [-0.1, -0.05) is 22.0 Å². The van der Waals surface area contributed by atoms with Crippen LogP contribution < -0.4 is 4.90 Å². The van der Waals surface area contributed by atoms with Crippen LogP contribution in [0.15, 0.2) is 23.7 Å². The monoisotopic (exact) mass is 324 g/mol. The molecular weight excluding hydrogens is 308 g/mol. The molecule has 0 radical (unpaired) electrons. The Morgan fingerprint density at radius 1 is 1.33 bits per heavy atom. The van der Waals surface area contributed by atoms with Crippen LogP contribution in [-0.4, -0.2) is 12.0 Å². The number of nitrogens with zero attached hydrogens (tertiary/aromatic N) is 2. The Labute approximate surface area is 121 Å². The molecule has 0 saturated carbocycles. The van der Waals surface area contributed by atoms with Gasteiger partial charge in [0.15, 0.2) is 0 Å². The number of benzene rings is 1. The Balaban J connectivity index is 2.16. The number of hydrogen-bond donors (Lipinski definition) is 0. The highest BCUT2D eigenvalue weighted by atomic mass is 79.9. The first kappa shape index (κ1) is 13.6. The summed E-state index contributed by atoms with van der Waals surface area (Å²) in [5.41, 5.74) is 6.99. The van der Waals surface area contributed by atoms with Crippen LogP contribution in [-0.2, 0) is 11.9 Å². The average Bonchev–Trinajstić information content (AvgIpc) is 2.75. The fourth-order valence-corrected chi connectivity index (χ4v) is 3.31. The maximum atomic E-state index is 4.29. The second-order valence-electron chi connectivity index (χ2n) is 4.46. The summed E-state index contributed by atoms with van der Waals surface area (Å²) in [7, 11) is 2.13. The maximum absolute atomic E-state index is 4.29. The first-order chi connectivity index (χ1) is 8.61. The van der Waals surface area contributed by atoms with Crippen LogP contribution in [0.4, 0.5) is 5.69 Å². The minimum absolute atomic E-state index is 0.913. The van der Waals surface area contributed by atoms with E-state index < -0.39 is 0 Å². The van der Waals surface area contributed by atoms with Gasteiger partial charge in [-0.25, -0.2) is 4.98 Å². The lowest BCUT2D eigenvalue weighted by Crippen LogP contribution is -2.16. The first-order valence-corrected chi connectivity index (χ1v) is 7.87. The van der Waals surface area contributed by atoms with Crippen LogP contribution in [0, 0.1) is 13.8 Å². The van der Waals surface area contributed by atoms with E-state index in [1.165, 1.54) is 21.7 Å². The molecule has 0 unspecified atom stereocenters. The number of rotatable bonds is 4. The van der Waals surface area contributed by atoms with Crippen molar-refractivity contribution in [3.05, 3.63) is 45.4 Å². The van der Waals surface area contributed by atoms with Gasteiger partial charge in [0.05, 0.1) is 17.7 Å². The van der Waals surface area contributed by atoms with Crippen molar-refractivity contribution in [1.82, 2.24) is 4.98 Å². The molecule has 0 bridgehead atoms. The topological polar surface area (TPSA) is 16.1 Å². The molecule has 0 fully saturated rings. The number of alkyl halides is 1. The summed E-state index contributed by atoms with van der Waals surface area (Å²) in [4.78, 5) is 7.90. The number of thiazole rings is 1. The number of aryl methyl sites for hydroxylation is 2. The van der Waals surface area contributed by atoms with E-state index in [-0.39, 0.29) is 0 Å². The highest BCUT2D eigenvalue weighted by Gasteiger charge is 2.07. The van der Waals surface area contributed by atoms with E-state index in [2.05, 4.69) is 64.9 Å². The molecule has 2 nitrogen and oxygen atoms in total. The van der Waals surface area contributed by atoms with Crippen molar-refractivity contribution in [1.29, 1.82) is 0 Å². The van der Waals surface area contributed by atoms with E-state index >= 15 is 0 Å². The van der Waals surface area contributed by atoms with Gasteiger partial charge in [-0.2, -0.15) is 0 Å². The fourth-order valence-electron chi connectivity index (χ4n) is 1.85. The zero-order chi connectivity index (χ0) is 13.1. The molecular formula is C14H17BrN2S. The molecule has 0 atom stereocenters. The molecule has 0 aliphatic heterocycles. The molecule has 0 N–H and O–H groups in total. The van der Waals surface area contributed by atoms with Gasteiger partial charge in [0, 0.05) is 22.9 Å². The van der Waals surface area contributed by atoms with Gasteiger partial charge < -0.3 is 4.90 Å². The van der Waals surface area contributed by atoms with Crippen LogP contribution in [0.1, 0.15) is 21.7 Å². The smallest absolute Gasteiger partial charge is 0.0798 e. The standard InChI is InChI=1S/C14H17BrN2S/c1-10-6-13(5-4-12(10)7-15)17(3)8-14-11(2)16-9-18-14/h4-6,9H,7-8H2,1-3H3. The third kappa shape index (κ3) is 2.93. The van der Waals surface area contributed by atoms with Gasteiger partial charge in [-0.15, -0.1) is 11.3 Å². The van der Waals surface area contributed by atoms with E-state index in [4.69, 9.17) is 0 Å². The van der Waals surface area contributed by atoms with Crippen molar-refractivity contribution in [3.8, 4) is 0 Å². The van der Waals surface area contributed by atoms with Crippen LogP contribution >= 0.6 is 27.3 Å². The van der Waals surface area contributed by atoms with Gasteiger partial charge >= 0.3 is 0 Å². The van der Waals surface area contributed by atoms with E-state index in [9.17, 15) is 0 Å². The van der Waals surface area contributed by atoms with Gasteiger partial charge in [-0.05, 0) is 37.1 Å². The molecule has 0 aliphatic rings. The Morgan fingerprint density at radius 3 is 2.67 bits per heavy atom. The third-order valence-corrected chi connectivity index (χ3v) is 4.66. The normalized spacial score (nSPS) is 10.7. The molecule has 0 aliphatic carbocycles. The first-order valence-electron chi connectivity index (χ1n) is 5.87. The zero-order valence-electron chi connectivity index (χ0n) is 10.9. The number of halogens is 1. The number of hydrogen-bond acceptors (Lipinski definition) is 3. The predicted octanol–water partition coefficient (Wildman–Crippen LogP) is 4.29. The van der Waals surface area contributed by atoms with Gasteiger partial charge in [-0.3, -0.25) is 0 Å². The summed E-state index contributed by atoms with van der Waals surface area (Å²) in [5.74, 6) is 0. The summed E-state index contributed by atoms with van der Waals surface area (Å²) in [6, 6.07) is 6.61. The summed E-state index contributed by atoms with van der Waals surface area (Å²) in [6.07, 6.45) is 0. The SMILES string of the molecule is Cc1cc(N(C)Cc2scnc2C)ccc1CBr. The van der Waals surface area contributed by atoms with Crippen LogP contribution in [0.5, 0.6) is 0 Å². The average molecular weight is 325 g/mol. The Hall–Kier alpha value is -0.870. The molecule has 0 amide bonds. The van der Waals surface area contributed by atoms with Crippen molar-refractivity contribution >= 4 is 33.0 Å². The fraction of sp³-hybridized carbons (Fsp3) is 0.357. The van der Waals surface area contributed by atoms with Crippen molar-refractivity contribution in [2.24, 2.45) is 0 Å². The molecule has 4 heteroatoms. The maximum Gasteiger partial charge on any atom is 0.0798 e. The van der Waals surface area contributed by atoms with Crippen LogP contribution in [0.3, 0.4) is 0 Å².